The maximum atomic E-state index is 12.5. The molecule has 1 aromatic heterocycles. The summed E-state index contributed by atoms with van der Waals surface area (Å²) in [5.41, 5.74) is 0.968. The van der Waals surface area contributed by atoms with E-state index >= 15 is 0 Å². The van der Waals surface area contributed by atoms with Crippen molar-refractivity contribution in [3.05, 3.63) is 47.5 Å². The number of nitrogens with one attached hydrogen (secondary N) is 2. The topological polar surface area (TPSA) is 79.3 Å². The second-order valence-electron chi connectivity index (χ2n) is 6.23. The van der Waals surface area contributed by atoms with E-state index in [1.807, 2.05) is 15.7 Å². The first-order chi connectivity index (χ1) is 12.6. The number of amides is 3. The molecule has 1 aliphatic rings. The van der Waals surface area contributed by atoms with Gasteiger partial charge in [-0.2, -0.15) is 0 Å². The van der Waals surface area contributed by atoms with Gasteiger partial charge in [-0.1, -0.05) is 11.6 Å². The SMILES string of the molecule is O=C(NCCCn1ccnc1)Nc1cc(C(=O)N2CCCC2)ccc1Cl. The molecular formula is C18H22ClN5O2. The number of aromatic nitrogens is 2. The van der Waals surface area contributed by atoms with Gasteiger partial charge in [0.15, 0.2) is 0 Å². The molecule has 1 saturated heterocycles. The Kier molecular flexibility index (Phi) is 6.12. The molecule has 138 valence electrons. The van der Waals surface area contributed by atoms with Gasteiger partial charge in [-0.05, 0) is 37.5 Å². The van der Waals surface area contributed by atoms with Crippen LogP contribution >= 0.6 is 11.6 Å². The molecule has 2 heterocycles. The van der Waals surface area contributed by atoms with Crippen LogP contribution in [-0.4, -0.2) is 46.0 Å². The zero-order valence-corrected chi connectivity index (χ0v) is 15.2. The second kappa shape index (κ2) is 8.71. The van der Waals surface area contributed by atoms with Crippen LogP contribution in [0.15, 0.2) is 36.9 Å². The van der Waals surface area contributed by atoms with Crippen LogP contribution in [0.3, 0.4) is 0 Å². The fraction of sp³-hybridized carbons (Fsp3) is 0.389. The zero-order valence-electron chi connectivity index (χ0n) is 14.4. The van der Waals surface area contributed by atoms with Gasteiger partial charge in [0.05, 0.1) is 17.0 Å². The highest BCUT2D eigenvalue weighted by Gasteiger charge is 2.20. The summed E-state index contributed by atoms with van der Waals surface area (Å²) in [5.74, 6) is -0.0250. The molecule has 8 heteroatoms. The van der Waals surface area contributed by atoms with Crippen molar-refractivity contribution in [3.8, 4) is 0 Å². The lowest BCUT2D eigenvalue weighted by Crippen LogP contribution is -2.30. The molecule has 0 aliphatic carbocycles. The highest BCUT2D eigenvalue weighted by Crippen LogP contribution is 2.24. The van der Waals surface area contributed by atoms with Gasteiger partial charge < -0.3 is 20.1 Å². The summed E-state index contributed by atoms with van der Waals surface area (Å²) >= 11 is 6.16. The van der Waals surface area contributed by atoms with E-state index in [2.05, 4.69) is 15.6 Å². The molecule has 0 unspecified atom stereocenters. The number of likely N-dealkylation sites (tertiary alicyclic amines) is 1. The van der Waals surface area contributed by atoms with Crippen molar-refractivity contribution in [1.82, 2.24) is 19.8 Å². The Labute approximate surface area is 157 Å². The molecule has 0 bridgehead atoms. The minimum atomic E-state index is -0.344. The summed E-state index contributed by atoms with van der Waals surface area (Å²) in [6.07, 6.45) is 8.19. The molecule has 1 fully saturated rings. The summed E-state index contributed by atoms with van der Waals surface area (Å²) < 4.78 is 1.95. The van der Waals surface area contributed by atoms with E-state index in [4.69, 9.17) is 11.6 Å². The number of imidazole rings is 1. The Bertz CT molecular complexity index is 757. The molecule has 2 aromatic rings. The maximum absolute atomic E-state index is 12.5. The number of urea groups is 1. The minimum Gasteiger partial charge on any atom is -0.339 e. The number of hydrogen-bond donors (Lipinski definition) is 2. The van der Waals surface area contributed by atoms with Gasteiger partial charge in [-0.15, -0.1) is 0 Å². The van der Waals surface area contributed by atoms with Crippen molar-refractivity contribution >= 4 is 29.2 Å². The van der Waals surface area contributed by atoms with Crippen LogP contribution in [0.1, 0.15) is 29.6 Å². The quantitative estimate of drug-likeness (QED) is 0.762. The Morgan fingerprint density at radius 3 is 2.77 bits per heavy atom. The van der Waals surface area contributed by atoms with E-state index in [9.17, 15) is 9.59 Å². The smallest absolute Gasteiger partial charge is 0.319 e. The van der Waals surface area contributed by atoms with Crippen molar-refractivity contribution in [1.29, 1.82) is 0 Å². The van der Waals surface area contributed by atoms with E-state index in [-0.39, 0.29) is 11.9 Å². The van der Waals surface area contributed by atoms with Gasteiger partial charge in [0.1, 0.15) is 0 Å². The lowest BCUT2D eigenvalue weighted by molar-refractivity contribution is 0.0793. The van der Waals surface area contributed by atoms with Crippen LogP contribution in [0.2, 0.25) is 5.02 Å². The zero-order chi connectivity index (χ0) is 18.4. The van der Waals surface area contributed by atoms with Crippen LogP contribution in [0.25, 0.3) is 0 Å². The van der Waals surface area contributed by atoms with Gasteiger partial charge in [-0.3, -0.25) is 4.79 Å². The number of nitrogens with zero attached hydrogens (tertiary/aromatic N) is 3. The molecule has 0 saturated carbocycles. The van der Waals surface area contributed by atoms with Crippen molar-refractivity contribution in [2.75, 3.05) is 25.0 Å². The van der Waals surface area contributed by atoms with E-state index in [1.165, 1.54) is 0 Å². The summed E-state index contributed by atoms with van der Waals surface area (Å²) in [6, 6.07) is 4.62. The van der Waals surface area contributed by atoms with Gasteiger partial charge in [0.25, 0.3) is 5.91 Å². The molecule has 1 aliphatic heterocycles. The summed E-state index contributed by atoms with van der Waals surface area (Å²) in [6.45, 7) is 2.86. The minimum absolute atomic E-state index is 0.0250. The lowest BCUT2D eigenvalue weighted by Gasteiger charge is -2.16. The first kappa shape index (κ1) is 18.3. The van der Waals surface area contributed by atoms with Gasteiger partial charge in [0, 0.05) is 44.1 Å². The van der Waals surface area contributed by atoms with Crippen LogP contribution in [0.5, 0.6) is 0 Å². The molecule has 2 N–H and O–H groups in total. The maximum Gasteiger partial charge on any atom is 0.319 e. The van der Waals surface area contributed by atoms with Crippen molar-refractivity contribution < 1.29 is 9.59 Å². The fourth-order valence-corrected chi connectivity index (χ4v) is 3.07. The van der Waals surface area contributed by atoms with Crippen LogP contribution in [0, 0.1) is 0 Å². The summed E-state index contributed by atoms with van der Waals surface area (Å²) in [4.78, 5) is 30.3. The molecular weight excluding hydrogens is 354 g/mol. The molecule has 0 radical (unpaired) electrons. The fourth-order valence-electron chi connectivity index (χ4n) is 2.91. The Morgan fingerprint density at radius 2 is 2.04 bits per heavy atom. The third-order valence-electron chi connectivity index (χ3n) is 4.29. The van der Waals surface area contributed by atoms with Crippen LogP contribution in [-0.2, 0) is 6.54 Å². The highest BCUT2D eigenvalue weighted by molar-refractivity contribution is 6.33. The average molecular weight is 376 g/mol. The molecule has 7 nitrogen and oxygen atoms in total. The molecule has 3 amide bonds. The number of benzene rings is 1. The number of rotatable bonds is 6. The first-order valence-corrected chi connectivity index (χ1v) is 9.11. The highest BCUT2D eigenvalue weighted by atomic mass is 35.5. The monoisotopic (exact) mass is 375 g/mol. The Balaban J connectivity index is 1.52. The average Bonchev–Trinajstić information content (AvgIpc) is 3.34. The van der Waals surface area contributed by atoms with Crippen molar-refractivity contribution in [2.45, 2.75) is 25.8 Å². The van der Waals surface area contributed by atoms with Gasteiger partial charge in [-0.25, -0.2) is 9.78 Å². The normalized spacial score (nSPS) is 13.7. The van der Waals surface area contributed by atoms with E-state index in [0.29, 0.717) is 22.8 Å². The Hall–Kier alpha value is -2.54. The van der Waals surface area contributed by atoms with Gasteiger partial charge in [0.2, 0.25) is 0 Å². The van der Waals surface area contributed by atoms with E-state index < -0.39 is 0 Å². The molecule has 1 aromatic carbocycles. The first-order valence-electron chi connectivity index (χ1n) is 8.73. The second-order valence-corrected chi connectivity index (χ2v) is 6.64. The van der Waals surface area contributed by atoms with Gasteiger partial charge >= 0.3 is 6.03 Å². The lowest BCUT2D eigenvalue weighted by atomic mass is 10.1. The van der Waals surface area contributed by atoms with E-state index in [0.717, 1.165) is 38.9 Å². The third-order valence-corrected chi connectivity index (χ3v) is 4.62. The predicted octanol–water partition coefficient (Wildman–Crippen LogP) is 2.98. The van der Waals surface area contributed by atoms with Crippen LogP contribution < -0.4 is 10.6 Å². The number of carbonyl (C=O) groups excluding carboxylic acids is 2. The largest absolute Gasteiger partial charge is 0.339 e. The standard InChI is InChI=1S/C18H22ClN5O2/c19-15-5-4-14(17(25)24-9-1-2-10-24)12-16(15)22-18(26)21-6-3-8-23-11-7-20-13-23/h4-5,7,11-13H,1-3,6,8-10H2,(H2,21,22,26). The molecule has 0 spiro atoms. The van der Waals surface area contributed by atoms with Crippen LogP contribution in [0.4, 0.5) is 10.5 Å². The number of hydrogen-bond acceptors (Lipinski definition) is 3. The third kappa shape index (κ3) is 4.76. The molecule has 3 rings (SSSR count). The summed E-state index contributed by atoms with van der Waals surface area (Å²) in [7, 11) is 0. The molecule has 0 atom stereocenters. The number of halogens is 1. The number of carbonyl (C=O) groups is 2. The Morgan fingerprint density at radius 1 is 1.23 bits per heavy atom. The van der Waals surface area contributed by atoms with E-state index in [1.54, 1.807) is 30.7 Å². The predicted molar refractivity (Wildman–Crippen MR) is 100 cm³/mol. The number of anilines is 1. The van der Waals surface area contributed by atoms with Crippen molar-refractivity contribution in [2.24, 2.45) is 0 Å². The summed E-state index contributed by atoms with van der Waals surface area (Å²) in [5, 5.41) is 5.90. The molecule has 26 heavy (non-hydrogen) atoms. The number of aryl methyl sites for hydroxylation is 1. The van der Waals surface area contributed by atoms with Crippen molar-refractivity contribution in [3.63, 3.8) is 0 Å².